The van der Waals surface area contributed by atoms with E-state index in [-0.39, 0.29) is 29.6 Å². The van der Waals surface area contributed by atoms with Gasteiger partial charge >= 0.3 is 0 Å². The fourth-order valence-electron chi connectivity index (χ4n) is 2.48. The van der Waals surface area contributed by atoms with E-state index in [1.165, 1.54) is 13.0 Å². The van der Waals surface area contributed by atoms with E-state index in [0.717, 1.165) is 16.8 Å². The molecule has 0 unspecified atom stereocenters. The predicted octanol–water partition coefficient (Wildman–Crippen LogP) is 4.42. The van der Waals surface area contributed by atoms with Gasteiger partial charge in [0.25, 0.3) is 0 Å². The first kappa shape index (κ1) is 18.9. The molecule has 25 heavy (non-hydrogen) atoms. The number of anilines is 1. The minimum absolute atomic E-state index is 0.0587. The minimum Gasteiger partial charge on any atom is -0.488 e. The van der Waals surface area contributed by atoms with E-state index >= 15 is 0 Å². The number of amides is 1. The summed E-state index contributed by atoms with van der Waals surface area (Å²) >= 11 is 0. The quantitative estimate of drug-likeness (QED) is 0.781. The number of carbonyl (C=O) groups is 1. The van der Waals surface area contributed by atoms with Crippen molar-refractivity contribution in [1.82, 2.24) is 5.32 Å². The van der Waals surface area contributed by atoms with E-state index in [1.54, 1.807) is 6.07 Å². The first-order valence-electron chi connectivity index (χ1n) is 8.41. The van der Waals surface area contributed by atoms with Crippen LogP contribution < -0.4 is 15.4 Å². The van der Waals surface area contributed by atoms with Gasteiger partial charge in [0.1, 0.15) is 0 Å². The Hall–Kier alpha value is -2.40. The molecule has 0 fully saturated rings. The number of halogens is 1. The summed E-state index contributed by atoms with van der Waals surface area (Å²) in [5, 5.41) is 6.14. The zero-order chi connectivity index (χ0) is 18.4. The minimum atomic E-state index is -0.353. The van der Waals surface area contributed by atoms with Gasteiger partial charge in [-0.25, -0.2) is 4.39 Å². The van der Waals surface area contributed by atoms with Gasteiger partial charge in [0.05, 0.1) is 6.10 Å². The average molecular weight is 344 g/mol. The van der Waals surface area contributed by atoms with Crippen molar-refractivity contribution in [1.29, 1.82) is 0 Å². The van der Waals surface area contributed by atoms with E-state index < -0.39 is 0 Å². The van der Waals surface area contributed by atoms with E-state index in [1.807, 2.05) is 51.1 Å². The van der Waals surface area contributed by atoms with Crippen LogP contribution in [0, 0.1) is 5.82 Å². The van der Waals surface area contributed by atoms with Gasteiger partial charge < -0.3 is 15.4 Å². The van der Waals surface area contributed by atoms with Crippen molar-refractivity contribution >= 4 is 11.6 Å². The van der Waals surface area contributed by atoms with Crippen molar-refractivity contribution in [2.45, 2.75) is 46.4 Å². The highest BCUT2D eigenvalue weighted by atomic mass is 19.1. The average Bonchev–Trinajstić information content (AvgIpc) is 2.54. The first-order valence-corrected chi connectivity index (χ1v) is 8.41. The molecular formula is C20H25FN2O2. The van der Waals surface area contributed by atoms with Gasteiger partial charge in [-0.2, -0.15) is 0 Å². The number of carbonyl (C=O) groups excluding carboxylic acids is 1. The van der Waals surface area contributed by atoms with Crippen LogP contribution in [0.15, 0.2) is 42.5 Å². The van der Waals surface area contributed by atoms with Crippen LogP contribution >= 0.6 is 0 Å². The van der Waals surface area contributed by atoms with Gasteiger partial charge in [0.15, 0.2) is 11.6 Å². The Kier molecular flexibility index (Phi) is 6.53. The van der Waals surface area contributed by atoms with E-state index in [4.69, 9.17) is 4.74 Å². The molecule has 134 valence electrons. The molecule has 0 saturated carbocycles. The van der Waals surface area contributed by atoms with Gasteiger partial charge in [-0.05, 0) is 56.2 Å². The maximum atomic E-state index is 14.0. The lowest BCUT2D eigenvalue weighted by molar-refractivity contribution is -0.114. The monoisotopic (exact) mass is 344 g/mol. The fraction of sp³-hybridized carbons (Fsp3) is 0.350. The molecule has 0 spiro atoms. The largest absolute Gasteiger partial charge is 0.488 e. The van der Waals surface area contributed by atoms with Crippen LogP contribution in [0.4, 0.5) is 10.1 Å². The topological polar surface area (TPSA) is 50.4 Å². The molecule has 4 nitrogen and oxygen atoms in total. The number of benzene rings is 2. The van der Waals surface area contributed by atoms with Crippen LogP contribution in [0.2, 0.25) is 0 Å². The Bertz CT molecular complexity index is 731. The molecule has 5 heteroatoms. The Morgan fingerprint density at radius 1 is 1.16 bits per heavy atom. The lowest BCUT2D eigenvalue weighted by Crippen LogP contribution is -2.18. The highest BCUT2D eigenvalue weighted by Gasteiger charge is 2.09. The standard InChI is InChI=1S/C20H25FN2O2/c1-13(2)25-20-9-8-16(10-19(20)21)12-22-14(3)17-6-5-7-18(11-17)23-15(4)24/h5-11,13-14,22H,12H2,1-4H3,(H,23,24)/t14-/m1/s1. The van der Waals surface area contributed by atoms with Crippen molar-refractivity contribution in [3.8, 4) is 5.75 Å². The van der Waals surface area contributed by atoms with Gasteiger partial charge in [0.2, 0.25) is 5.91 Å². The molecule has 0 saturated heterocycles. The third-order valence-corrected chi connectivity index (χ3v) is 3.68. The fourth-order valence-corrected chi connectivity index (χ4v) is 2.48. The van der Waals surface area contributed by atoms with Crippen LogP contribution in [0.3, 0.4) is 0 Å². The van der Waals surface area contributed by atoms with E-state index in [0.29, 0.717) is 6.54 Å². The predicted molar refractivity (Wildman–Crippen MR) is 98.2 cm³/mol. The maximum Gasteiger partial charge on any atom is 0.221 e. The SMILES string of the molecule is CC(=O)Nc1cccc([C@@H](C)NCc2ccc(OC(C)C)c(F)c2)c1. The molecule has 0 radical (unpaired) electrons. The molecular weight excluding hydrogens is 319 g/mol. The van der Waals surface area contributed by atoms with Crippen molar-refractivity contribution in [3.05, 3.63) is 59.4 Å². The van der Waals surface area contributed by atoms with Crippen LogP contribution in [0.1, 0.15) is 44.9 Å². The molecule has 1 atom stereocenters. The van der Waals surface area contributed by atoms with E-state index in [9.17, 15) is 9.18 Å². The summed E-state index contributed by atoms with van der Waals surface area (Å²) < 4.78 is 19.4. The molecule has 0 bridgehead atoms. The summed E-state index contributed by atoms with van der Waals surface area (Å²) in [5.74, 6) is -0.181. The Morgan fingerprint density at radius 2 is 1.92 bits per heavy atom. The number of rotatable bonds is 7. The smallest absolute Gasteiger partial charge is 0.221 e. The highest BCUT2D eigenvalue weighted by molar-refractivity contribution is 5.88. The molecule has 0 aromatic heterocycles. The Balaban J connectivity index is 1.99. The summed E-state index contributed by atoms with van der Waals surface area (Å²) in [5.41, 5.74) is 2.66. The number of ether oxygens (including phenoxy) is 1. The van der Waals surface area contributed by atoms with Gasteiger partial charge in [0, 0.05) is 25.2 Å². The summed E-state index contributed by atoms with van der Waals surface area (Å²) in [4.78, 5) is 11.2. The molecule has 2 aromatic rings. The highest BCUT2D eigenvalue weighted by Crippen LogP contribution is 2.21. The van der Waals surface area contributed by atoms with Crippen molar-refractivity contribution in [2.75, 3.05) is 5.32 Å². The second-order valence-corrected chi connectivity index (χ2v) is 6.34. The first-order chi connectivity index (χ1) is 11.8. The molecule has 0 heterocycles. The van der Waals surface area contributed by atoms with Crippen molar-refractivity contribution in [2.24, 2.45) is 0 Å². The molecule has 0 aliphatic carbocycles. The van der Waals surface area contributed by atoms with Crippen LogP contribution in [-0.4, -0.2) is 12.0 Å². The van der Waals surface area contributed by atoms with Crippen LogP contribution in [0.25, 0.3) is 0 Å². The molecule has 0 aliphatic rings. The van der Waals surface area contributed by atoms with Crippen LogP contribution in [-0.2, 0) is 11.3 Å². The van der Waals surface area contributed by atoms with Gasteiger partial charge in [-0.15, -0.1) is 0 Å². The summed E-state index contributed by atoms with van der Waals surface area (Å²) in [7, 11) is 0. The molecule has 0 aliphatic heterocycles. The normalized spacial score (nSPS) is 12.1. The lowest BCUT2D eigenvalue weighted by Gasteiger charge is -2.16. The molecule has 2 rings (SSSR count). The lowest BCUT2D eigenvalue weighted by atomic mass is 10.1. The zero-order valence-corrected chi connectivity index (χ0v) is 15.1. The number of hydrogen-bond donors (Lipinski definition) is 2. The maximum absolute atomic E-state index is 14.0. The third kappa shape index (κ3) is 5.87. The second kappa shape index (κ2) is 8.62. The van der Waals surface area contributed by atoms with Crippen molar-refractivity contribution < 1.29 is 13.9 Å². The number of nitrogens with one attached hydrogen (secondary N) is 2. The summed E-state index contributed by atoms with van der Waals surface area (Å²) in [6, 6.07) is 12.7. The van der Waals surface area contributed by atoms with Gasteiger partial charge in [-0.3, -0.25) is 4.79 Å². The van der Waals surface area contributed by atoms with Gasteiger partial charge in [-0.1, -0.05) is 18.2 Å². The Morgan fingerprint density at radius 3 is 2.56 bits per heavy atom. The van der Waals surface area contributed by atoms with Crippen molar-refractivity contribution in [3.63, 3.8) is 0 Å². The number of hydrogen-bond acceptors (Lipinski definition) is 3. The van der Waals surface area contributed by atoms with E-state index in [2.05, 4.69) is 10.6 Å². The summed E-state index contributed by atoms with van der Waals surface area (Å²) in [6.45, 7) is 7.77. The molecule has 1 amide bonds. The van der Waals surface area contributed by atoms with Crippen LogP contribution in [0.5, 0.6) is 5.75 Å². The third-order valence-electron chi connectivity index (χ3n) is 3.68. The molecule has 2 aromatic carbocycles. The Labute approximate surface area is 148 Å². The molecule has 2 N–H and O–H groups in total. The summed E-state index contributed by atoms with van der Waals surface area (Å²) in [6.07, 6.45) is -0.0608. The second-order valence-electron chi connectivity index (χ2n) is 6.34. The zero-order valence-electron chi connectivity index (χ0n) is 15.1.